The first kappa shape index (κ1) is 21.9. The van der Waals surface area contributed by atoms with Gasteiger partial charge in [-0.1, -0.05) is 32.9 Å². The van der Waals surface area contributed by atoms with Gasteiger partial charge in [0.1, 0.15) is 5.82 Å². The van der Waals surface area contributed by atoms with Gasteiger partial charge >= 0.3 is 0 Å². The van der Waals surface area contributed by atoms with E-state index in [4.69, 9.17) is 0 Å². The minimum absolute atomic E-state index is 0.0405. The van der Waals surface area contributed by atoms with Crippen molar-refractivity contribution in [3.05, 3.63) is 35.6 Å². The van der Waals surface area contributed by atoms with E-state index in [1.54, 1.807) is 12.1 Å². The zero-order valence-corrected chi connectivity index (χ0v) is 20.0. The second kappa shape index (κ2) is 8.15. The lowest BCUT2D eigenvalue weighted by Gasteiger charge is -2.61. The first-order valence-electron chi connectivity index (χ1n) is 13.2. The van der Waals surface area contributed by atoms with Crippen LogP contribution in [0.3, 0.4) is 0 Å². The molecule has 0 aliphatic heterocycles. The molecule has 2 heteroatoms. The van der Waals surface area contributed by atoms with Gasteiger partial charge in [-0.05, 0) is 135 Å². The summed E-state index contributed by atoms with van der Waals surface area (Å²) in [6, 6.07) is 7.14. The molecule has 8 unspecified atom stereocenters. The fourth-order valence-corrected chi connectivity index (χ4v) is 9.46. The normalized spacial score (nSPS) is 45.5. The Hall–Kier alpha value is -0.890. The largest absolute Gasteiger partial charge is 0.393 e. The second-order valence-corrected chi connectivity index (χ2v) is 12.5. The Bertz CT molecular complexity index is 773. The number of aryl methyl sites for hydroxylation is 1. The summed E-state index contributed by atoms with van der Waals surface area (Å²) in [5, 5.41) is 10.3. The van der Waals surface area contributed by atoms with Crippen molar-refractivity contribution in [2.24, 2.45) is 46.3 Å². The van der Waals surface area contributed by atoms with E-state index in [1.807, 2.05) is 12.1 Å². The van der Waals surface area contributed by atoms with Gasteiger partial charge in [-0.2, -0.15) is 0 Å². The summed E-state index contributed by atoms with van der Waals surface area (Å²) in [5.74, 6) is 4.94. The van der Waals surface area contributed by atoms with Crippen molar-refractivity contribution in [3.63, 3.8) is 0 Å². The Morgan fingerprint density at radius 3 is 2.42 bits per heavy atom. The second-order valence-electron chi connectivity index (χ2n) is 12.5. The van der Waals surface area contributed by atoms with E-state index < -0.39 is 0 Å². The third kappa shape index (κ3) is 3.69. The molecule has 4 aliphatic carbocycles. The van der Waals surface area contributed by atoms with Crippen LogP contribution >= 0.6 is 0 Å². The third-order valence-corrected chi connectivity index (χ3v) is 11.2. The maximum atomic E-state index is 13.2. The highest BCUT2D eigenvalue weighted by Gasteiger charge is 2.60. The Morgan fingerprint density at radius 2 is 1.65 bits per heavy atom. The number of aliphatic hydroxyl groups excluding tert-OH is 1. The fourth-order valence-electron chi connectivity index (χ4n) is 9.46. The van der Waals surface area contributed by atoms with Crippen LogP contribution in [-0.4, -0.2) is 11.2 Å². The highest BCUT2D eigenvalue weighted by molar-refractivity contribution is 5.16. The SMILES string of the molecule is CC(CCc1ccc(F)cc1)C1CCC2C3CCC4C[C@@H](O)CCC4(C)C3CCC12C. The van der Waals surface area contributed by atoms with Crippen molar-refractivity contribution in [3.8, 4) is 0 Å². The zero-order valence-electron chi connectivity index (χ0n) is 20.0. The molecule has 0 bridgehead atoms. The monoisotopic (exact) mass is 426 g/mol. The van der Waals surface area contributed by atoms with Gasteiger partial charge in [0.25, 0.3) is 0 Å². The Labute approximate surface area is 189 Å². The molecule has 0 amide bonds. The molecule has 172 valence electrons. The van der Waals surface area contributed by atoms with Gasteiger partial charge in [-0.15, -0.1) is 0 Å². The molecule has 1 N–H and O–H groups in total. The van der Waals surface area contributed by atoms with Crippen molar-refractivity contribution in [2.45, 2.75) is 97.5 Å². The number of halogens is 1. The van der Waals surface area contributed by atoms with Gasteiger partial charge in [0.05, 0.1) is 6.10 Å². The molecule has 4 fully saturated rings. The van der Waals surface area contributed by atoms with E-state index in [0.717, 1.165) is 54.8 Å². The van der Waals surface area contributed by atoms with E-state index in [2.05, 4.69) is 20.8 Å². The summed E-state index contributed by atoms with van der Waals surface area (Å²) in [6.07, 6.45) is 14.0. The standard InChI is InChI=1S/C29H43FO/c1-19(4-5-20-6-9-22(30)10-7-20)25-12-13-26-24-11-8-21-18-23(31)14-16-28(21,2)27(24)15-17-29(25,26)3/h6-7,9-10,19,21,23-27,31H,4-5,8,11-18H2,1-3H3/t19?,21?,23-,24?,25?,26?,27?,28?,29?/m0/s1. The summed E-state index contributed by atoms with van der Waals surface area (Å²) >= 11 is 0. The molecule has 9 atom stereocenters. The quantitative estimate of drug-likeness (QED) is 0.531. The van der Waals surface area contributed by atoms with Crippen LogP contribution in [0.1, 0.15) is 90.5 Å². The molecule has 0 saturated heterocycles. The Morgan fingerprint density at radius 1 is 0.935 bits per heavy atom. The van der Waals surface area contributed by atoms with Crippen LogP contribution in [0.5, 0.6) is 0 Å². The molecule has 0 spiro atoms. The molecule has 1 aromatic carbocycles. The van der Waals surface area contributed by atoms with Gasteiger partial charge < -0.3 is 5.11 Å². The number of hydrogen-bond acceptors (Lipinski definition) is 1. The first-order valence-corrected chi connectivity index (χ1v) is 13.2. The molecule has 31 heavy (non-hydrogen) atoms. The van der Waals surface area contributed by atoms with Crippen LogP contribution in [-0.2, 0) is 6.42 Å². The topological polar surface area (TPSA) is 20.2 Å². The average Bonchev–Trinajstić information content (AvgIpc) is 3.11. The predicted octanol–water partition coefficient (Wildman–Crippen LogP) is 7.41. The molecule has 0 heterocycles. The molecule has 4 aliphatic rings. The lowest BCUT2D eigenvalue weighted by atomic mass is 9.44. The highest BCUT2D eigenvalue weighted by Crippen LogP contribution is 2.68. The number of aliphatic hydroxyl groups is 1. The van der Waals surface area contributed by atoms with Crippen LogP contribution in [0.4, 0.5) is 4.39 Å². The van der Waals surface area contributed by atoms with Crippen molar-refractivity contribution >= 4 is 0 Å². The van der Waals surface area contributed by atoms with Gasteiger partial charge in [0, 0.05) is 0 Å². The molecule has 1 aromatic rings. The maximum Gasteiger partial charge on any atom is 0.123 e. The minimum atomic E-state index is -0.129. The maximum absolute atomic E-state index is 13.2. The number of rotatable bonds is 4. The van der Waals surface area contributed by atoms with Crippen molar-refractivity contribution in [2.75, 3.05) is 0 Å². The van der Waals surface area contributed by atoms with Crippen LogP contribution in [0.2, 0.25) is 0 Å². The van der Waals surface area contributed by atoms with E-state index in [9.17, 15) is 9.50 Å². The molecule has 4 saturated carbocycles. The van der Waals surface area contributed by atoms with Gasteiger partial charge in [0.15, 0.2) is 0 Å². The first-order chi connectivity index (χ1) is 14.8. The Kier molecular flexibility index (Phi) is 5.77. The number of fused-ring (bicyclic) bond motifs is 5. The van der Waals surface area contributed by atoms with Crippen molar-refractivity contribution in [1.29, 1.82) is 0 Å². The van der Waals surface area contributed by atoms with Crippen LogP contribution in [0.15, 0.2) is 24.3 Å². The summed E-state index contributed by atoms with van der Waals surface area (Å²) in [6.45, 7) is 7.74. The predicted molar refractivity (Wildman–Crippen MR) is 125 cm³/mol. The molecular weight excluding hydrogens is 383 g/mol. The van der Waals surface area contributed by atoms with E-state index in [0.29, 0.717) is 10.8 Å². The number of benzene rings is 1. The average molecular weight is 427 g/mol. The van der Waals surface area contributed by atoms with E-state index in [-0.39, 0.29) is 11.9 Å². The van der Waals surface area contributed by atoms with Crippen LogP contribution in [0, 0.1) is 52.2 Å². The third-order valence-electron chi connectivity index (χ3n) is 11.2. The molecule has 0 aromatic heterocycles. The minimum Gasteiger partial charge on any atom is -0.393 e. The molecule has 0 radical (unpaired) electrons. The van der Waals surface area contributed by atoms with E-state index in [1.165, 1.54) is 56.9 Å². The summed E-state index contributed by atoms with van der Waals surface area (Å²) in [7, 11) is 0. The summed E-state index contributed by atoms with van der Waals surface area (Å²) < 4.78 is 13.2. The van der Waals surface area contributed by atoms with Crippen LogP contribution in [0.25, 0.3) is 0 Å². The summed E-state index contributed by atoms with van der Waals surface area (Å²) in [5.41, 5.74) is 2.28. The fraction of sp³-hybridized carbons (Fsp3) is 0.793. The number of hydrogen-bond donors (Lipinski definition) is 1. The molecule has 1 nitrogen and oxygen atoms in total. The van der Waals surface area contributed by atoms with E-state index >= 15 is 0 Å². The Balaban J connectivity index is 1.28. The smallest absolute Gasteiger partial charge is 0.123 e. The van der Waals surface area contributed by atoms with Gasteiger partial charge in [0.2, 0.25) is 0 Å². The van der Waals surface area contributed by atoms with Crippen LogP contribution < -0.4 is 0 Å². The lowest BCUT2D eigenvalue weighted by molar-refractivity contribution is -0.129. The highest BCUT2D eigenvalue weighted by atomic mass is 19.1. The molecular formula is C29H43FO. The summed E-state index contributed by atoms with van der Waals surface area (Å²) in [4.78, 5) is 0. The lowest BCUT2D eigenvalue weighted by Crippen LogP contribution is -2.54. The molecule has 5 rings (SSSR count). The van der Waals surface area contributed by atoms with Crippen molar-refractivity contribution < 1.29 is 9.50 Å². The zero-order chi connectivity index (χ0) is 21.8. The van der Waals surface area contributed by atoms with Gasteiger partial charge in [-0.25, -0.2) is 4.39 Å². The van der Waals surface area contributed by atoms with Crippen molar-refractivity contribution in [1.82, 2.24) is 0 Å². The van der Waals surface area contributed by atoms with Gasteiger partial charge in [-0.3, -0.25) is 0 Å².